The molecule has 1 aliphatic carbocycles. The molecule has 1 aliphatic rings. The average Bonchev–Trinajstić information content (AvgIpc) is 2.86. The summed E-state index contributed by atoms with van der Waals surface area (Å²) in [6.45, 7) is 35.1. The van der Waals surface area contributed by atoms with Crippen LogP contribution in [0.4, 0.5) is 27.6 Å². The molecular weight excluding hydrogens is 1220 g/mol. The van der Waals surface area contributed by atoms with Crippen LogP contribution in [-0.4, -0.2) is 133 Å². The van der Waals surface area contributed by atoms with E-state index >= 15 is 0 Å². The van der Waals surface area contributed by atoms with E-state index in [-0.39, 0.29) is 40.3 Å². The van der Waals surface area contributed by atoms with Crippen LogP contribution < -0.4 is 7.40 Å². The van der Waals surface area contributed by atoms with Crippen LogP contribution in [0.25, 0.3) is 49.1 Å². The number of aromatic nitrogens is 13. The van der Waals surface area contributed by atoms with Gasteiger partial charge in [-0.05, 0) is 23.0 Å². The summed E-state index contributed by atoms with van der Waals surface area (Å²) in [5, 5.41) is 28.3. The van der Waals surface area contributed by atoms with Crippen molar-refractivity contribution < 1.29 is 16.4 Å². The molecule has 4 radical (unpaired) electrons. The number of fused-ring (bicyclic) bond motifs is 1. The van der Waals surface area contributed by atoms with Crippen molar-refractivity contribution in [1.29, 1.82) is 5.26 Å². The zero-order valence-corrected chi connectivity index (χ0v) is 57.2. The molecule has 27 heteroatoms. The number of imidazole rings is 2. The molecule has 9 aromatic rings. The van der Waals surface area contributed by atoms with Gasteiger partial charge in [0, 0.05) is 23.5 Å². The van der Waals surface area contributed by atoms with E-state index < -0.39 is 6.67 Å². The fourth-order valence-electron chi connectivity index (χ4n) is 8.47. The molecule has 0 atom stereocenters. The molecule has 0 spiro atoms. The van der Waals surface area contributed by atoms with Crippen molar-refractivity contribution in [3.8, 4) is 29.5 Å². The van der Waals surface area contributed by atoms with E-state index in [1.54, 1.807) is 14.4 Å². The first-order chi connectivity index (χ1) is 40.0. The number of oxazole rings is 1. The maximum absolute atomic E-state index is 12.6. The molecule has 10 rings (SSSR count). The van der Waals surface area contributed by atoms with E-state index in [9.17, 15) is 9.65 Å². The third-order valence-corrected chi connectivity index (χ3v) is 17.7. The number of hydrogen-bond donors (Lipinski definition) is 0. The molecule has 414 valence electrons. The summed E-state index contributed by atoms with van der Waals surface area (Å²) in [6, 6.07) is 25.9. The van der Waals surface area contributed by atoms with Gasteiger partial charge < -0.3 is 16.8 Å². The molecular formula is C56H57Al2FGa2N18O3S. The number of hydrogen-bond acceptors (Lipinski definition) is 13. The van der Waals surface area contributed by atoms with E-state index in [0.717, 1.165) is 151 Å². The number of para-hydroxylation sites is 1. The number of nitrogens with zero attached hydrogens (tertiary/aromatic N) is 18. The van der Waals surface area contributed by atoms with Crippen molar-refractivity contribution in [2.45, 2.75) is 91.3 Å². The number of rotatable bonds is 15. The van der Waals surface area contributed by atoms with Gasteiger partial charge in [0.25, 0.3) is 11.6 Å². The molecule has 0 saturated carbocycles. The van der Waals surface area contributed by atoms with Crippen molar-refractivity contribution in [3.05, 3.63) is 183 Å². The van der Waals surface area contributed by atoms with Gasteiger partial charge in [0.1, 0.15) is 23.8 Å². The average molecular weight is 1270 g/mol. The Balaban J connectivity index is 0.000000160. The van der Waals surface area contributed by atoms with Gasteiger partial charge in [0.2, 0.25) is 5.69 Å². The summed E-state index contributed by atoms with van der Waals surface area (Å²) in [6.07, 6.45) is 11.2. The number of allylic oxidation sites excluding steroid dienone is 3. The number of anilines is 2. The smallest absolute Gasteiger partial charge is 0.498 e. The number of aryl methyl sites for hydroxylation is 4. The molecule has 0 fully saturated rings. The fourth-order valence-corrected chi connectivity index (χ4v) is 11.6. The van der Waals surface area contributed by atoms with Crippen LogP contribution in [-0.2, 0) is 42.8 Å². The monoisotopic (exact) mass is 1270 g/mol. The second-order valence-electron chi connectivity index (χ2n) is 18.9. The largest absolute Gasteiger partial charge is 0.648 e. The van der Waals surface area contributed by atoms with Crippen molar-refractivity contribution >= 4 is 119 Å². The third kappa shape index (κ3) is 13.7. The molecule has 0 N–H and O–H groups in total. The number of alkyl halides is 1. The van der Waals surface area contributed by atoms with Crippen LogP contribution in [0.2, 0.25) is 0 Å². The normalized spacial score (nSPS) is 12.0. The minimum atomic E-state index is -0.863. The Morgan fingerprint density at radius 3 is 2.04 bits per heavy atom. The summed E-state index contributed by atoms with van der Waals surface area (Å²) in [7, 11) is 5.87. The first-order valence-corrected chi connectivity index (χ1v) is 33.0. The summed E-state index contributed by atoms with van der Waals surface area (Å²) >= 11 is 4.63. The van der Waals surface area contributed by atoms with Gasteiger partial charge in [-0.15, -0.1) is 0 Å². The summed E-state index contributed by atoms with van der Waals surface area (Å²) in [5.74, 6) is 5.80. The van der Waals surface area contributed by atoms with E-state index in [2.05, 4.69) is 112 Å². The van der Waals surface area contributed by atoms with Gasteiger partial charge >= 0.3 is 320 Å². The molecule has 0 amide bonds. The van der Waals surface area contributed by atoms with Gasteiger partial charge in [0.15, 0.2) is 0 Å². The van der Waals surface area contributed by atoms with Crippen LogP contribution in [0.15, 0.2) is 113 Å². The Morgan fingerprint density at radius 1 is 0.807 bits per heavy atom. The second kappa shape index (κ2) is 28.6. The Hall–Kier alpha value is -7.63. The predicted octanol–water partition coefficient (Wildman–Crippen LogP) is 9.73. The molecule has 83 heavy (non-hydrogen) atoms. The first-order valence-electron chi connectivity index (χ1n) is 25.9. The molecule has 0 saturated heterocycles. The number of benzene rings is 2. The maximum atomic E-state index is 12.6. The molecule has 0 aliphatic heterocycles. The van der Waals surface area contributed by atoms with Crippen LogP contribution >= 0.6 is 9.70 Å². The van der Waals surface area contributed by atoms with Gasteiger partial charge in [-0.2, -0.15) is 10.2 Å². The second-order valence-corrected chi connectivity index (χ2v) is 23.3. The zero-order valence-electron chi connectivity index (χ0n) is 47.7. The minimum absolute atomic E-state index is 0.00438. The van der Waals surface area contributed by atoms with Crippen LogP contribution in [0.3, 0.4) is 0 Å². The fraction of sp³-hybridized carbons (Fsp3) is 0.268. The van der Waals surface area contributed by atoms with Crippen LogP contribution in [0, 0.1) is 44.9 Å². The Bertz CT molecular complexity index is 3980. The van der Waals surface area contributed by atoms with Crippen LogP contribution in [0.1, 0.15) is 93.0 Å². The van der Waals surface area contributed by atoms with Gasteiger partial charge in [0.05, 0.1) is 24.9 Å². The topological polar surface area (TPSA) is 192 Å². The third-order valence-electron chi connectivity index (χ3n) is 13.5. The Labute approximate surface area is 521 Å². The zero-order chi connectivity index (χ0) is 60.1. The Kier molecular flexibility index (Phi) is 21.7. The quantitative estimate of drug-likeness (QED) is 0.0536. The maximum Gasteiger partial charge on any atom is 0.498 e. The molecule has 21 nitrogen and oxygen atoms in total. The molecule has 7 aromatic heterocycles. The van der Waals surface area contributed by atoms with E-state index in [1.165, 1.54) is 22.8 Å². The van der Waals surface area contributed by atoms with Crippen molar-refractivity contribution in [2.75, 3.05) is 3.61 Å². The SMILES string of the molecule is CCC(C)(C)c1ccn(-c2c([S][GaH])nc(C)n2C)n1.CCCc1ccn(-c2c([N]([GaH])c3ccccc3)nc(C)n2C)n1.[C-]#[N+]/C(C#N)=C1/C(n2ccc(CC)n2)=C([O][AlH])c2ccccc21.[C-]#[N+]c1nc([O][AlH])c(-n2cc([N+]#[C-])c(CF)n2)o1. The molecule has 0 unspecified atom stereocenters. The van der Waals surface area contributed by atoms with Gasteiger partial charge in [-0.3, -0.25) is 0 Å². The first kappa shape index (κ1) is 63.0. The van der Waals surface area contributed by atoms with Crippen molar-refractivity contribution in [1.82, 2.24) is 63.2 Å². The van der Waals surface area contributed by atoms with Crippen molar-refractivity contribution in [3.63, 3.8) is 0 Å². The Morgan fingerprint density at radius 2 is 1.45 bits per heavy atom. The summed E-state index contributed by atoms with van der Waals surface area (Å²) in [4.78, 5) is 22.7. The van der Waals surface area contributed by atoms with E-state index in [0.29, 0.717) is 17.0 Å². The molecule has 7 heterocycles. The number of nitriles is 1. The summed E-state index contributed by atoms with van der Waals surface area (Å²) < 4.78 is 41.4. The van der Waals surface area contributed by atoms with E-state index in [1.807, 2.05) is 105 Å². The minimum Gasteiger partial charge on any atom is -0.648 e. The van der Waals surface area contributed by atoms with Crippen molar-refractivity contribution in [2.24, 2.45) is 14.1 Å². The number of halogens is 1. The predicted molar refractivity (Wildman–Crippen MR) is 323 cm³/mol. The standard InChI is InChI=1S/C17H20N5.C17H12N4O.C13H20N4S.C9H4FN5O2.2Al.2Ga.4H/c1-4-8-15-11-12-22(20-15)17-16(18-13(2)21(17)3)19-14-9-6-5-7-10-14;1-3-11-8-9-21(20-11)16-15(14(10-18)19-2)12-6-4-5-7-13(12)17(16)22;1-6-13(3,4)10-7-8-17(15-10)12-11(18)14-9(2)16(12)5;1-11-6-4-15(14-5(6)3-10)8-7(16)13-9(12-2)17-8;;;;;;;;/h5-7,9-12H,4,8H2,1-3H3;4-9,22H,3H2,1H3;7-8,18H,6H2,1-5H3;4,16H,3H2;;;;;;;;/q-1;;;;4*+1;;;;/p-3/b;15-14+;;;;;;;;;;. The van der Waals surface area contributed by atoms with E-state index in [4.69, 9.17) is 46.9 Å². The van der Waals surface area contributed by atoms with Crippen LogP contribution in [0.5, 0.6) is 5.88 Å². The van der Waals surface area contributed by atoms with Gasteiger partial charge in [-0.25, -0.2) is 28.7 Å². The molecule has 2 aromatic carbocycles. The summed E-state index contributed by atoms with van der Waals surface area (Å²) in [5.41, 5.74) is 7.50. The molecule has 0 bridgehead atoms. The van der Waals surface area contributed by atoms with Gasteiger partial charge in [-0.1, -0.05) is 37.8 Å².